The number of piperidine rings is 1. The van der Waals surface area contributed by atoms with Gasteiger partial charge in [0.05, 0.1) is 5.60 Å². The van der Waals surface area contributed by atoms with Crippen molar-refractivity contribution in [2.45, 2.75) is 31.0 Å². The molecular formula is C28H29ClN2O3. The molecule has 1 aromatic heterocycles. The molecule has 3 aliphatic rings. The van der Waals surface area contributed by atoms with Gasteiger partial charge in [-0.05, 0) is 66.8 Å². The third-order valence-electron chi connectivity index (χ3n) is 6.85. The van der Waals surface area contributed by atoms with Gasteiger partial charge >= 0.3 is 0 Å². The third kappa shape index (κ3) is 4.75. The molecule has 2 aromatic rings. The first-order valence-corrected chi connectivity index (χ1v) is 12.1. The molecule has 1 aliphatic carbocycles. The molecule has 1 saturated heterocycles. The summed E-state index contributed by atoms with van der Waals surface area (Å²) < 4.78 is 11.8. The van der Waals surface area contributed by atoms with Gasteiger partial charge in [-0.15, -0.1) is 0 Å². The van der Waals surface area contributed by atoms with Gasteiger partial charge in [-0.25, -0.2) is 4.98 Å². The Morgan fingerprint density at radius 2 is 2.03 bits per heavy atom. The van der Waals surface area contributed by atoms with E-state index in [9.17, 15) is 5.11 Å². The highest BCUT2D eigenvalue weighted by atomic mass is 35.5. The smallest absolute Gasteiger partial charge is 0.227 e. The predicted octanol–water partition coefficient (Wildman–Crippen LogP) is 5.28. The number of hydrogen-bond acceptors (Lipinski definition) is 5. The maximum Gasteiger partial charge on any atom is 0.227 e. The van der Waals surface area contributed by atoms with Crippen molar-refractivity contribution in [1.29, 1.82) is 0 Å². The molecule has 0 bridgehead atoms. The number of fused-ring (bicyclic) bond motifs is 2. The molecule has 176 valence electrons. The zero-order valence-corrected chi connectivity index (χ0v) is 20.0. The van der Waals surface area contributed by atoms with Crippen LogP contribution in [0, 0.1) is 0 Å². The Balaban J connectivity index is 1.29. The van der Waals surface area contributed by atoms with E-state index in [0.717, 1.165) is 54.1 Å². The number of aromatic nitrogens is 1. The van der Waals surface area contributed by atoms with Gasteiger partial charge in [-0.3, -0.25) is 0 Å². The molecule has 2 aliphatic heterocycles. The van der Waals surface area contributed by atoms with Gasteiger partial charge in [-0.1, -0.05) is 42.0 Å². The number of hydrogen-bond donors (Lipinski definition) is 1. The molecular weight excluding hydrogens is 448 g/mol. The van der Waals surface area contributed by atoms with Crippen LogP contribution in [-0.2, 0) is 10.3 Å². The average Bonchev–Trinajstić information content (AvgIpc) is 3.02. The van der Waals surface area contributed by atoms with Crippen LogP contribution >= 0.6 is 11.6 Å². The van der Waals surface area contributed by atoms with E-state index in [-0.39, 0.29) is 6.10 Å². The first kappa shape index (κ1) is 23.1. The summed E-state index contributed by atoms with van der Waals surface area (Å²) in [4.78, 5) is 6.89. The Morgan fingerprint density at radius 3 is 2.79 bits per heavy atom. The minimum atomic E-state index is -0.778. The van der Waals surface area contributed by atoms with Gasteiger partial charge in [0.2, 0.25) is 5.88 Å². The fourth-order valence-corrected chi connectivity index (χ4v) is 4.97. The number of rotatable bonds is 5. The molecule has 6 heteroatoms. The van der Waals surface area contributed by atoms with E-state index in [2.05, 4.69) is 22.0 Å². The minimum absolute atomic E-state index is 0.148. The molecule has 0 amide bonds. The number of allylic oxidation sites excluding steroid dienone is 4. The number of aliphatic hydroxyl groups is 1. The Morgan fingerprint density at radius 1 is 1.24 bits per heavy atom. The number of pyridine rings is 1. The highest BCUT2D eigenvalue weighted by Gasteiger charge is 2.33. The molecule has 1 aromatic carbocycles. The first-order chi connectivity index (χ1) is 16.6. The summed E-state index contributed by atoms with van der Waals surface area (Å²) in [5.74, 6) is 1.39. The number of benzene rings is 1. The van der Waals surface area contributed by atoms with E-state index in [1.54, 1.807) is 13.3 Å². The lowest BCUT2D eigenvalue weighted by Crippen LogP contribution is -2.42. The fraction of sp³-hybridized carbons (Fsp3) is 0.321. The normalized spacial score (nSPS) is 22.8. The lowest BCUT2D eigenvalue weighted by atomic mass is 9.84. The number of nitrogens with zero attached hydrogens (tertiary/aromatic N) is 2. The van der Waals surface area contributed by atoms with Gasteiger partial charge in [-0.2, -0.15) is 0 Å². The maximum absolute atomic E-state index is 11.1. The van der Waals surface area contributed by atoms with E-state index in [4.69, 9.17) is 21.1 Å². The molecule has 1 unspecified atom stereocenters. The van der Waals surface area contributed by atoms with Crippen LogP contribution in [0.5, 0.6) is 5.88 Å². The van der Waals surface area contributed by atoms with Crippen LogP contribution in [0.15, 0.2) is 84.3 Å². The maximum atomic E-state index is 11.1. The summed E-state index contributed by atoms with van der Waals surface area (Å²) >= 11 is 6.01. The van der Waals surface area contributed by atoms with Crippen molar-refractivity contribution in [3.63, 3.8) is 0 Å². The van der Waals surface area contributed by atoms with Gasteiger partial charge in [0, 0.05) is 49.1 Å². The summed E-state index contributed by atoms with van der Waals surface area (Å²) in [6.45, 7) is 2.64. The van der Waals surface area contributed by atoms with Crippen LogP contribution < -0.4 is 4.74 Å². The molecule has 0 saturated carbocycles. The van der Waals surface area contributed by atoms with Crippen LogP contribution in [0.25, 0.3) is 5.57 Å². The molecule has 34 heavy (non-hydrogen) atoms. The van der Waals surface area contributed by atoms with E-state index >= 15 is 0 Å². The second-order valence-corrected chi connectivity index (χ2v) is 9.39. The minimum Gasteiger partial charge on any atom is -0.438 e. The Bertz CT molecular complexity index is 1160. The molecule has 0 radical (unpaired) electrons. The molecule has 5 nitrogen and oxygen atoms in total. The quantitative estimate of drug-likeness (QED) is 0.636. The van der Waals surface area contributed by atoms with Gasteiger partial charge in [0.1, 0.15) is 11.9 Å². The summed E-state index contributed by atoms with van der Waals surface area (Å²) in [5.41, 5.74) is 3.25. The van der Waals surface area contributed by atoms with Gasteiger partial charge < -0.3 is 19.5 Å². The number of likely N-dealkylation sites (tertiary alicyclic amines) is 1. The van der Waals surface area contributed by atoms with Crippen molar-refractivity contribution in [3.05, 3.63) is 100 Å². The Kier molecular flexibility index (Phi) is 6.70. The van der Waals surface area contributed by atoms with Crippen molar-refractivity contribution in [2.75, 3.05) is 26.7 Å². The standard InChI is InChI=1S/C28H29ClN2O3/c1-33-25-7-2-8-26-24(25)19-20(23-6-3-15-30-27(23)34-26)5-4-16-31-17-13-28(32,14-18-31)21-9-11-22(29)12-10-21/h2-3,5-12,15,19,25,32H,4,13-14,16-18H2,1H3. The summed E-state index contributed by atoms with van der Waals surface area (Å²) in [6.07, 6.45) is 14.3. The predicted molar refractivity (Wildman–Crippen MR) is 135 cm³/mol. The van der Waals surface area contributed by atoms with Crippen molar-refractivity contribution in [1.82, 2.24) is 9.88 Å². The van der Waals surface area contributed by atoms with E-state index in [1.165, 1.54) is 0 Å². The summed E-state index contributed by atoms with van der Waals surface area (Å²) in [5, 5.41) is 11.8. The lowest BCUT2D eigenvalue weighted by Gasteiger charge is -2.38. The summed E-state index contributed by atoms with van der Waals surface area (Å²) in [7, 11) is 1.71. The van der Waals surface area contributed by atoms with Crippen molar-refractivity contribution in [3.8, 4) is 5.88 Å². The van der Waals surface area contributed by atoms with Crippen molar-refractivity contribution < 1.29 is 14.6 Å². The van der Waals surface area contributed by atoms with Crippen molar-refractivity contribution in [2.24, 2.45) is 0 Å². The SMILES string of the molecule is COC1C=CC=C2Oc3ncccc3C(=CCCN3CCC(O)(c4ccc(Cl)cc4)CC3)C=C21. The number of ether oxygens (including phenoxy) is 2. The fourth-order valence-electron chi connectivity index (χ4n) is 4.84. The molecule has 1 fully saturated rings. The second kappa shape index (κ2) is 9.88. The number of methoxy groups -OCH3 is 1. The Hall–Kier alpha value is -2.70. The topological polar surface area (TPSA) is 54.8 Å². The highest BCUT2D eigenvalue weighted by Crippen LogP contribution is 2.37. The zero-order valence-electron chi connectivity index (χ0n) is 19.3. The van der Waals surface area contributed by atoms with E-state index in [1.807, 2.05) is 54.6 Å². The largest absolute Gasteiger partial charge is 0.438 e. The summed E-state index contributed by atoms with van der Waals surface area (Å²) in [6, 6.07) is 11.6. The van der Waals surface area contributed by atoms with E-state index < -0.39 is 5.60 Å². The Labute approximate surface area is 205 Å². The van der Waals surface area contributed by atoms with Crippen LogP contribution in [0.1, 0.15) is 30.4 Å². The molecule has 1 atom stereocenters. The van der Waals surface area contributed by atoms with Crippen LogP contribution in [0.3, 0.4) is 0 Å². The molecule has 3 heterocycles. The molecule has 0 spiro atoms. The van der Waals surface area contributed by atoms with Crippen LogP contribution in [0.4, 0.5) is 0 Å². The molecule has 1 N–H and O–H groups in total. The highest BCUT2D eigenvalue weighted by molar-refractivity contribution is 6.30. The van der Waals surface area contributed by atoms with Crippen molar-refractivity contribution >= 4 is 17.2 Å². The van der Waals surface area contributed by atoms with Crippen LogP contribution in [0.2, 0.25) is 5.02 Å². The van der Waals surface area contributed by atoms with Gasteiger partial charge in [0.25, 0.3) is 0 Å². The second-order valence-electron chi connectivity index (χ2n) is 8.96. The average molecular weight is 477 g/mol. The molecule has 5 rings (SSSR count). The lowest BCUT2D eigenvalue weighted by molar-refractivity contribution is -0.0254. The van der Waals surface area contributed by atoms with Crippen LogP contribution in [-0.4, -0.2) is 47.8 Å². The zero-order chi connectivity index (χ0) is 23.5. The number of halogens is 1. The third-order valence-corrected chi connectivity index (χ3v) is 7.10. The first-order valence-electron chi connectivity index (χ1n) is 11.7. The van der Waals surface area contributed by atoms with E-state index in [0.29, 0.717) is 23.7 Å². The monoisotopic (exact) mass is 476 g/mol. The van der Waals surface area contributed by atoms with Gasteiger partial charge in [0.15, 0.2) is 0 Å².